The van der Waals surface area contributed by atoms with E-state index >= 15 is 0 Å². The van der Waals surface area contributed by atoms with Crippen LogP contribution < -0.4 is 15.1 Å². The van der Waals surface area contributed by atoms with Gasteiger partial charge in [0.15, 0.2) is 17.4 Å². The predicted molar refractivity (Wildman–Crippen MR) is 120 cm³/mol. The number of hydrogen-bond donors (Lipinski definition) is 3. The number of carboxylic acids is 2. The van der Waals surface area contributed by atoms with E-state index in [0.717, 1.165) is 29.2 Å². The average Bonchev–Trinajstić information content (AvgIpc) is 2.78. The molecule has 35 heavy (non-hydrogen) atoms. The van der Waals surface area contributed by atoms with Crippen LogP contribution >= 0.6 is 0 Å². The first-order valence-corrected chi connectivity index (χ1v) is 10.0. The van der Waals surface area contributed by atoms with E-state index < -0.39 is 47.8 Å². The minimum Gasteiger partial charge on any atom is -0.505 e. The molecule has 2 aromatic rings. The SMILES string of the molecule is COc1cc(-c2c3cc(F)c(=O)cc-3oc3cc(O)c(F)cc23)ccc1N(CC(=O)O)CC(=O)O. The molecule has 0 fully saturated rings. The van der Waals surface area contributed by atoms with Crippen LogP contribution in [-0.2, 0) is 9.59 Å². The predicted octanol–water partition coefficient (Wildman–Crippen LogP) is 3.53. The number of anilines is 1. The molecule has 0 bridgehead atoms. The number of fused-ring (bicyclic) bond motifs is 2. The first-order valence-electron chi connectivity index (χ1n) is 10.0. The first kappa shape index (κ1) is 23.5. The Morgan fingerprint density at radius 2 is 1.69 bits per heavy atom. The molecule has 0 unspecified atom stereocenters. The molecule has 4 rings (SSSR count). The van der Waals surface area contributed by atoms with Gasteiger partial charge in [0, 0.05) is 28.6 Å². The van der Waals surface area contributed by atoms with Crippen LogP contribution in [0.5, 0.6) is 11.5 Å². The fraction of sp³-hybridized carbons (Fsp3) is 0.125. The molecule has 0 radical (unpaired) electrons. The van der Waals surface area contributed by atoms with Gasteiger partial charge in [-0.3, -0.25) is 14.4 Å². The Labute approximate surface area is 195 Å². The summed E-state index contributed by atoms with van der Waals surface area (Å²) in [4.78, 5) is 35.5. The minimum absolute atomic E-state index is 0.0128. The highest BCUT2D eigenvalue weighted by Gasteiger charge is 2.23. The van der Waals surface area contributed by atoms with E-state index in [1.807, 2.05) is 0 Å². The maximum Gasteiger partial charge on any atom is 0.323 e. The third kappa shape index (κ3) is 4.43. The minimum atomic E-state index is -1.27. The van der Waals surface area contributed by atoms with Crippen LogP contribution in [-0.4, -0.2) is 47.5 Å². The first-order chi connectivity index (χ1) is 16.6. The highest BCUT2D eigenvalue weighted by molar-refractivity contribution is 6.02. The van der Waals surface area contributed by atoms with Gasteiger partial charge in [-0.05, 0) is 29.8 Å². The van der Waals surface area contributed by atoms with Crippen LogP contribution in [0.1, 0.15) is 0 Å². The van der Waals surface area contributed by atoms with Crippen molar-refractivity contribution in [1.29, 1.82) is 0 Å². The van der Waals surface area contributed by atoms with Crippen molar-refractivity contribution in [3.63, 3.8) is 0 Å². The molecule has 1 heterocycles. The summed E-state index contributed by atoms with van der Waals surface area (Å²) < 4.78 is 39.5. The fourth-order valence-electron chi connectivity index (χ4n) is 3.86. The summed E-state index contributed by atoms with van der Waals surface area (Å²) in [6, 6.07) is 8.23. The maximum atomic E-state index is 14.3. The Morgan fingerprint density at radius 3 is 2.31 bits per heavy atom. The fourth-order valence-corrected chi connectivity index (χ4v) is 3.86. The van der Waals surface area contributed by atoms with Crippen LogP contribution in [0.3, 0.4) is 0 Å². The number of rotatable bonds is 7. The van der Waals surface area contributed by atoms with Crippen LogP contribution in [0.25, 0.3) is 33.4 Å². The number of methoxy groups -OCH3 is 1. The summed E-state index contributed by atoms with van der Waals surface area (Å²) >= 11 is 0. The third-order valence-corrected chi connectivity index (χ3v) is 5.30. The number of ether oxygens (including phenoxy) is 1. The van der Waals surface area contributed by atoms with E-state index in [1.165, 1.54) is 25.3 Å². The molecule has 180 valence electrons. The topological polar surface area (TPSA) is 138 Å². The molecular formula is C24H17F2NO8. The summed E-state index contributed by atoms with van der Waals surface area (Å²) in [6.45, 7) is -1.25. The van der Waals surface area contributed by atoms with E-state index in [2.05, 4.69) is 0 Å². The number of benzene rings is 3. The highest BCUT2D eigenvalue weighted by Crippen LogP contribution is 2.43. The summed E-state index contributed by atoms with van der Waals surface area (Å²) in [6.07, 6.45) is 0. The number of phenols is 1. The lowest BCUT2D eigenvalue weighted by molar-refractivity contribution is -0.136. The quantitative estimate of drug-likeness (QED) is 0.336. The second kappa shape index (κ2) is 8.93. The van der Waals surface area contributed by atoms with E-state index in [9.17, 15) is 38.5 Å². The van der Waals surface area contributed by atoms with Gasteiger partial charge in [0.2, 0.25) is 5.43 Å². The Kier molecular flexibility index (Phi) is 6.00. The van der Waals surface area contributed by atoms with Crippen LogP contribution in [0, 0.1) is 11.6 Å². The number of aliphatic carboxylic acids is 2. The highest BCUT2D eigenvalue weighted by atomic mass is 19.1. The molecule has 0 amide bonds. The van der Waals surface area contributed by atoms with Crippen molar-refractivity contribution < 1.29 is 42.8 Å². The Hall–Kier alpha value is -4.67. The lowest BCUT2D eigenvalue weighted by Crippen LogP contribution is -2.34. The van der Waals surface area contributed by atoms with Gasteiger partial charge in [0.25, 0.3) is 0 Å². The van der Waals surface area contributed by atoms with Crippen molar-refractivity contribution in [3.05, 3.63) is 64.3 Å². The zero-order valence-corrected chi connectivity index (χ0v) is 18.0. The zero-order valence-electron chi connectivity index (χ0n) is 18.0. The normalized spacial score (nSPS) is 11.1. The van der Waals surface area contributed by atoms with Gasteiger partial charge in [-0.2, -0.15) is 0 Å². The van der Waals surface area contributed by atoms with Gasteiger partial charge in [0.05, 0.1) is 12.8 Å². The van der Waals surface area contributed by atoms with Crippen LogP contribution in [0.4, 0.5) is 14.5 Å². The van der Waals surface area contributed by atoms with Crippen molar-refractivity contribution in [3.8, 4) is 33.9 Å². The molecule has 3 N–H and O–H groups in total. The molecule has 0 spiro atoms. The second-order valence-electron chi connectivity index (χ2n) is 7.59. The van der Waals surface area contributed by atoms with E-state index in [0.29, 0.717) is 5.56 Å². The molecule has 11 heteroatoms. The largest absolute Gasteiger partial charge is 0.505 e. The number of carboxylic acid groups (broad SMARTS) is 2. The van der Waals surface area contributed by atoms with Crippen molar-refractivity contribution in [2.45, 2.75) is 0 Å². The standard InChI is InChI=1S/C24H17F2NO8/c1-34-21-4-11(2-3-16(21)27(9-22(30)31)10-23(32)33)24-12-5-14(25)17(28)7-19(12)35-20-8-18(29)15(26)6-13(20)24/h2-8,28H,9-10H2,1H3,(H,30,31)(H,32,33). The van der Waals surface area contributed by atoms with Gasteiger partial charge < -0.3 is 29.4 Å². The molecule has 1 aliphatic heterocycles. The molecule has 0 saturated heterocycles. The monoisotopic (exact) mass is 485 g/mol. The molecule has 2 aromatic carbocycles. The number of halogens is 2. The maximum absolute atomic E-state index is 14.3. The second-order valence-corrected chi connectivity index (χ2v) is 7.59. The van der Waals surface area contributed by atoms with Gasteiger partial charge in [0.1, 0.15) is 30.2 Å². The van der Waals surface area contributed by atoms with Crippen molar-refractivity contribution in [2.75, 3.05) is 25.1 Å². The summed E-state index contributed by atoms with van der Waals surface area (Å²) in [5, 5.41) is 28.3. The summed E-state index contributed by atoms with van der Waals surface area (Å²) in [5.41, 5.74) is -0.0470. The molecule has 1 aliphatic carbocycles. The van der Waals surface area contributed by atoms with Crippen molar-refractivity contribution >= 4 is 28.6 Å². The number of aromatic hydroxyl groups is 1. The van der Waals surface area contributed by atoms with Gasteiger partial charge in [-0.25, -0.2) is 8.78 Å². The molecule has 0 aromatic heterocycles. The smallest absolute Gasteiger partial charge is 0.323 e. The van der Waals surface area contributed by atoms with Crippen LogP contribution in [0.2, 0.25) is 0 Å². The van der Waals surface area contributed by atoms with Gasteiger partial charge in [-0.15, -0.1) is 0 Å². The van der Waals surface area contributed by atoms with Gasteiger partial charge >= 0.3 is 11.9 Å². The van der Waals surface area contributed by atoms with E-state index in [4.69, 9.17) is 9.15 Å². The molecule has 0 atom stereocenters. The lowest BCUT2D eigenvalue weighted by atomic mass is 9.93. The summed E-state index contributed by atoms with van der Waals surface area (Å²) in [7, 11) is 1.29. The molecular weight excluding hydrogens is 468 g/mol. The van der Waals surface area contributed by atoms with Crippen molar-refractivity contribution in [1.82, 2.24) is 0 Å². The lowest BCUT2D eigenvalue weighted by Gasteiger charge is -2.24. The number of hydrogen-bond acceptors (Lipinski definition) is 7. The van der Waals surface area contributed by atoms with E-state index in [-0.39, 0.29) is 39.3 Å². The van der Waals surface area contributed by atoms with Crippen molar-refractivity contribution in [2.24, 2.45) is 0 Å². The Balaban J connectivity index is 2.01. The third-order valence-electron chi connectivity index (χ3n) is 5.30. The zero-order chi connectivity index (χ0) is 25.4. The van der Waals surface area contributed by atoms with Crippen LogP contribution in [0.15, 0.2) is 51.7 Å². The molecule has 2 aliphatic rings. The summed E-state index contributed by atoms with van der Waals surface area (Å²) in [5.74, 6) is -5.19. The number of nitrogens with zero attached hydrogens (tertiary/aromatic N) is 1. The Bertz CT molecular complexity index is 1500. The molecule has 0 saturated carbocycles. The Morgan fingerprint density at radius 1 is 1.00 bits per heavy atom. The molecule has 9 nitrogen and oxygen atoms in total. The number of carbonyl (C=O) groups is 2. The average molecular weight is 485 g/mol. The number of phenolic OH excluding ortho intramolecular Hbond substituents is 1. The van der Waals surface area contributed by atoms with E-state index in [1.54, 1.807) is 0 Å². The van der Waals surface area contributed by atoms with Gasteiger partial charge in [-0.1, -0.05) is 6.07 Å².